The van der Waals surface area contributed by atoms with Crippen molar-refractivity contribution in [3.05, 3.63) is 39.4 Å². The Morgan fingerprint density at radius 2 is 2.16 bits per heavy atom. The molecule has 3 heterocycles. The molecule has 1 saturated heterocycles. The van der Waals surface area contributed by atoms with Gasteiger partial charge >= 0.3 is 5.97 Å². The van der Waals surface area contributed by atoms with Gasteiger partial charge in [-0.15, -0.1) is 0 Å². The monoisotopic (exact) mass is 345 g/mol. The highest BCUT2D eigenvalue weighted by atomic mass is 19.1. The second-order valence-electron chi connectivity index (χ2n) is 7.02. The first-order valence-corrected chi connectivity index (χ1v) is 8.50. The SMILES string of the molecule is CC1Cc2c(N3CCN[C@H](C)C3)c(F)cc3c(=O)c(C(=O)O)cn1c23. The van der Waals surface area contributed by atoms with E-state index >= 15 is 0 Å². The zero-order valence-electron chi connectivity index (χ0n) is 14.2. The predicted octanol–water partition coefficient (Wildman–Crippen LogP) is 1.75. The number of carbonyl (C=O) groups is 1. The maximum atomic E-state index is 15.0. The molecule has 0 radical (unpaired) electrons. The lowest BCUT2D eigenvalue weighted by Crippen LogP contribution is -2.49. The Hall–Kier alpha value is -2.41. The van der Waals surface area contributed by atoms with Crippen molar-refractivity contribution in [1.82, 2.24) is 9.88 Å². The Balaban J connectivity index is 2.00. The quantitative estimate of drug-likeness (QED) is 0.867. The number of hydrogen-bond donors (Lipinski definition) is 2. The Bertz CT molecular complexity index is 953. The lowest BCUT2D eigenvalue weighted by molar-refractivity contribution is 0.0694. The molecule has 4 rings (SSSR count). The molecular weight excluding hydrogens is 325 g/mol. The van der Waals surface area contributed by atoms with Crippen LogP contribution in [0, 0.1) is 5.82 Å². The molecule has 0 aliphatic carbocycles. The summed E-state index contributed by atoms with van der Waals surface area (Å²) in [6.45, 7) is 6.19. The minimum absolute atomic E-state index is 0.0166. The van der Waals surface area contributed by atoms with Crippen LogP contribution < -0.4 is 15.6 Å². The van der Waals surface area contributed by atoms with Gasteiger partial charge in [0.1, 0.15) is 11.4 Å². The third kappa shape index (κ3) is 2.33. The first-order chi connectivity index (χ1) is 11.9. The molecule has 0 spiro atoms. The molecule has 2 aliphatic rings. The fraction of sp³-hybridized carbons (Fsp3) is 0.444. The molecule has 0 amide bonds. The van der Waals surface area contributed by atoms with Crippen LogP contribution >= 0.6 is 0 Å². The van der Waals surface area contributed by atoms with Gasteiger partial charge in [-0.2, -0.15) is 0 Å². The molecule has 1 unspecified atom stereocenters. The Morgan fingerprint density at radius 3 is 2.84 bits per heavy atom. The number of aromatic nitrogens is 1. The van der Waals surface area contributed by atoms with Crippen molar-refractivity contribution in [3.8, 4) is 0 Å². The van der Waals surface area contributed by atoms with Crippen LogP contribution in [0.1, 0.15) is 35.8 Å². The second kappa shape index (κ2) is 5.56. The van der Waals surface area contributed by atoms with Crippen LogP contribution in [0.3, 0.4) is 0 Å². The van der Waals surface area contributed by atoms with Crippen LogP contribution in [0.15, 0.2) is 17.1 Å². The van der Waals surface area contributed by atoms with Gasteiger partial charge in [-0.05, 0) is 26.3 Å². The molecule has 6 nitrogen and oxygen atoms in total. The molecule has 2 N–H and O–H groups in total. The molecule has 0 bridgehead atoms. The summed E-state index contributed by atoms with van der Waals surface area (Å²) in [4.78, 5) is 25.9. The minimum atomic E-state index is -1.28. The highest BCUT2D eigenvalue weighted by Gasteiger charge is 2.31. The number of anilines is 1. The Morgan fingerprint density at radius 1 is 1.40 bits per heavy atom. The zero-order valence-corrected chi connectivity index (χ0v) is 14.2. The summed E-state index contributed by atoms with van der Waals surface area (Å²) in [6, 6.07) is 1.45. The Labute approximate surface area is 143 Å². The van der Waals surface area contributed by atoms with Gasteiger partial charge in [0, 0.05) is 48.9 Å². The summed E-state index contributed by atoms with van der Waals surface area (Å²) in [6.07, 6.45) is 1.99. The molecule has 2 aliphatic heterocycles. The van der Waals surface area contributed by atoms with Crippen molar-refractivity contribution < 1.29 is 14.3 Å². The molecule has 2 atom stereocenters. The van der Waals surface area contributed by atoms with Crippen LogP contribution in [0.2, 0.25) is 0 Å². The summed E-state index contributed by atoms with van der Waals surface area (Å²) in [5.74, 6) is -1.73. The number of halogens is 1. The number of hydrogen-bond acceptors (Lipinski definition) is 4. The van der Waals surface area contributed by atoms with Crippen molar-refractivity contribution in [1.29, 1.82) is 0 Å². The van der Waals surface area contributed by atoms with Crippen molar-refractivity contribution in [3.63, 3.8) is 0 Å². The van der Waals surface area contributed by atoms with Crippen molar-refractivity contribution in [2.75, 3.05) is 24.5 Å². The van der Waals surface area contributed by atoms with Gasteiger partial charge in [-0.25, -0.2) is 9.18 Å². The zero-order chi connectivity index (χ0) is 17.9. The molecule has 1 aromatic heterocycles. The predicted molar refractivity (Wildman–Crippen MR) is 93.2 cm³/mol. The van der Waals surface area contributed by atoms with Crippen molar-refractivity contribution in [2.24, 2.45) is 0 Å². The topological polar surface area (TPSA) is 74.6 Å². The standard InChI is InChI=1S/C18H20FN3O3/c1-9-7-21(4-3-20-9)16-11-5-10(2)22-8-13(18(24)25)17(23)12(15(11)22)6-14(16)19/h6,8-10,20H,3-5,7H2,1-2H3,(H,24,25)/t9-,10?/m1/s1. The molecule has 1 aromatic carbocycles. The highest BCUT2D eigenvalue weighted by molar-refractivity contribution is 5.96. The third-order valence-electron chi connectivity index (χ3n) is 5.23. The molecule has 2 aromatic rings. The van der Waals surface area contributed by atoms with Gasteiger partial charge in [0.25, 0.3) is 0 Å². The van der Waals surface area contributed by atoms with E-state index in [2.05, 4.69) is 12.2 Å². The maximum Gasteiger partial charge on any atom is 0.341 e. The lowest BCUT2D eigenvalue weighted by Gasteiger charge is -2.35. The van der Waals surface area contributed by atoms with E-state index in [-0.39, 0.29) is 23.0 Å². The number of nitrogens with zero attached hydrogens (tertiary/aromatic N) is 2. The Kier molecular flexibility index (Phi) is 3.57. The molecule has 1 fully saturated rings. The summed E-state index contributed by atoms with van der Waals surface area (Å²) < 4.78 is 16.8. The van der Waals surface area contributed by atoms with Gasteiger partial charge < -0.3 is 19.9 Å². The van der Waals surface area contributed by atoms with Crippen LogP contribution in [0.4, 0.5) is 10.1 Å². The van der Waals surface area contributed by atoms with Gasteiger partial charge in [0.15, 0.2) is 0 Å². The van der Waals surface area contributed by atoms with Crippen LogP contribution in [-0.2, 0) is 6.42 Å². The van der Waals surface area contributed by atoms with Crippen LogP contribution in [0.25, 0.3) is 10.9 Å². The van der Waals surface area contributed by atoms with E-state index in [1.54, 1.807) is 0 Å². The largest absolute Gasteiger partial charge is 0.477 e. The van der Waals surface area contributed by atoms with E-state index < -0.39 is 17.2 Å². The number of piperazine rings is 1. The van der Waals surface area contributed by atoms with E-state index in [1.165, 1.54) is 12.3 Å². The summed E-state index contributed by atoms with van der Waals surface area (Å²) in [7, 11) is 0. The summed E-state index contributed by atoms with van der Waals surface area (Å²) in [5, 5.41) is 12.8. The van der Waals surface area contributed by atoms with Gasteiger partial charge in [0.05, 0.1) is 11.2 Å². The van der Waals surface area contributed by atoms with Gasteiger partial charge in [-0.3, -0.25) is 4.79 Å². The van der Waals surface area contributed by atoms with Crippen molar-refractivity contribution >= 4 is 22.6 Å². The smallest absolute Gasteiger partial charge is 0.341 e. The number of nitrogens with one attached hydrogen (secondary N) is 1. The summed E-state index contributed by atoms with van der Waals surface area (Å²) in [5.41, 5.74) is 1.11. The fourth-order valence-electron chi connectivity index (χ4n) is 4.12. The number of benzene rings is 1. The molecule has 132 valence electrons. The second-order valence-corrected chi connectivity index (χ2v) is 7.02. The number of carboxylic acids is 1. The minimum Gasteiger partial charge on any atom is -0.477 e. The first kappa shape index (κ1) is 16.1. The third-order valence-corrected chi connectivity index (χ3v) is 5.23. The normalized spacial score (nSPS) is 22.6. The molecular formula is C18H20FN3O3. The van der Waals surface area contributed by atoms with E-state index in [0.717, 1.165) is 12.1 Å². The van der Waals surface area contributed by atoms with Crippen molar-refractivity contribution in [2.45, 2.75) is 32.4 Å². The molecule has 25 heavy (non-hydrogen) atoms. The average Bonchev–Trinajstić information content (AvgIpc) is 2.87. The molecule has 0 saturated carbocycles. The summed E-state index contributed by atoms with van der Waals surface area (Å²) >= 11 is 0. The molecule has 7 heteroatoms. The first-order valence-electron chi connectivity index (χ1n) is 8.50. The van der Waals surface area contributed by atoms with Crippen LogP contribution in [-0.4, -0.2) is 41.3 Å². The van der Waals surface area contributed by atoms with Gasteiger partial charge in [-0.1, -0.05) is 0 Å². The highest BCUT2D eigenvalue weighted by Crippen LogP contribution is 2.39. The number of aromatic carboxylic acids is 1. The van der Waals surface area contributed by atoms with Gasteiger partial charge in [0.2, 0.25) is 5.43 Å². The van der Waals surface area contributed by atoms with E-state index in [9.17, 15) is 19.1 Å². The maximum absolute atomic E-state index is 15.0. The van der Waals surface area contributed by atoms with E-state index in [1.807, 2.05) is 16.4 Å². The number of carboxylic acid groups (broad SMARTS) is 1. The van der Waals surface area contributed by atoms with Crippen LogP contribution in [0.5, 0.6) is 0 Å². The fourth-order valence-corrected chi connectivity index (χ4v) is 4.12. The van der Waals surface area contributed by atoms with E-state index in [4.69, 9.17) is 0 Å². The van der Waals surface area contributed by atoms with E-state index in [0.29, 0.717) is 30.7 Å². The lowest BCUT2D eigenvalue weighted by atomic mass is 10.0. The number of rotatable bonds is 2. The number of pyridine rings is 1. The average molecular weight is 345 g/mol.